The highest BCUT2D eigenvalue weighted by Gasteiger charge is 2.42. The lowest BCUT2D eigenvalue weighted by Gasteiger charge is -2.48. The summed E-state index contributed by atoms with van der Waals surface area (Å²) >= 11 is 0. The van der Waals surface area contributed by atoms with Gasteiger partial charge in [0, 0.05) is 63.1 Å². The highest BCUT2D eigenvalue weighted by atomic mass is 16.5. The molecule has 2 aromatic rings. The molecule has 1 unspecified atom stereocenters. The normalized spacial score (nSPS) is 22.8. The molecule has 2 aliphatic heterocycles. The van der Waals surface area contributed by atoms with Gasteiger partial charge in [0.05, 0.1) is 17.6 Å². The van der Waals surface area contributed by atoms with Crippen molar-refractivity contribution in [3.63, 3.8) is 0 Å². The first-order valence-electron chi connectivity index (χ1n) is 9.87. The molecule has 7 nitrogen and oxygen atoms in total. The number of carbonyl (C=O) groups is 2. The van der Waals surface area contributed by atoms with Crippen LogP contribution >= 0.6 is 0 Å². The molecule has 1 aromatic carbocycles. The molecule has 7 heteroatoms. The Morgan fingerprint density at radius 1 is 1.18 bits per heavy atom. The number of ether oxygens (including phenoxy) is 1. The van der Waals surface area contributed by atoms with Gasteiger partial charge in [-0.05, 0) is 37.5 Å². The number of piperidine rings is 2. The zero-order valence-electron chi connectivity index (χ0n) is 16.3. The average molecular weight is 382 g/mol. The lowest BCUT2D eigenvalue weighted by atomic mass is 9.73. The first-order chi connectivity index (χ1) is 13.6. The van der Waals surface area contributed by atoms with Gasteiger partial charge in [-0.2, -0.15) is 0 Å². The van der Waals surface area contributed by atoms with E-state index >= 15 is 0 Å². The molecule has 4 rings (SSSR count). The van der Waals surface area contributed by atoms with Crippen molar-refractivity contribution in [2.24, 2.45) is 5.41 Å². The lowest BCUT2D eigenvalue weighted by molar-refractivity contribution is -0.139. The van der Waals surface area contributed by atoms with Crippen LogP contribution < -0.4 is 0 Å². The van der Waals surface area contributed by atoms with Gasteiger partial charge in [-0.3, -0.25) is 19.6 Å². The van der Waals surface area contributed by atoms with Crippen LogP contribution in [0.25, 0.3) is 11.0 Å². The Balaban J connectivity index is 1.50. The molecule has 2 aliphatic rings. The summed E-state index contributed by atoms with van der Waals surface area (Å²) in [6.45, 7) is 3.32. The number of amides is 2. The first kappa shape index (κ1) is 18.8. The van der Waals surface area contributed by atoms with Gasteiger partial charge in [-0.1, -0.05) is 0 Å². The van der Waals surface area contributed by atoms with E-state index in [1.807, 2.05) is 28.0 Å². The maximum atomic E-state index is 13.2. The van der Waals surface area contributed by atoms with Crippen molar-refractivity contribution in [3.8, 4) is 0 Å². The van der Waals surface area contributed by atoms with Gasteiger partial charge in [0.15, 0.2) is 0 Å². The van der Waals surface area contributed by atoms with E-state index in [4.69, 9.17) is 4.74 Å². The third-order valence-electron chi connectivity index (χ3n) is 5.98. The quantitative estimate of drug-likeness (QED) is 0.810. The second kappa shape index (κ2) is 7.83. The second-order valence-corrected chi connectivity index (χ2v) is 7.90. The van der Waals surface area contributed by atoms with Crippen LogP contribution in [0.3, 0.4) is 0 Å². The number of rotatable bonds is 4. The van der Waals surface area contributed by atoms with E-state index in [2.05, 4.69) is 9.97 Å². The van der Waals surface area contributed by atoms with E-state index in [1.165, 1.54) is 0 Å². The van der Waals surface area contributed by atoms with Crippen LogP contribution in [0.15, 0.2) is 30.6 Å². The van der Waals surface area contributed by atoms with E-state index in [9.17, 15) is 9.59 Å². The minimum Gasteiger partial charge on any atom is -0.383 e. The molecule has 0 aliphatic carbocycles. The van der Waals surface area contributed by atoms with E-state index in [1.54, 1.807) is 19.5 Å². The van der Waals surface area contributed by atoms with E-state index < -0.39 is 0 Å². The van der Waals surface area contributed by atoms with E-state index in [0.29, 0.717) is 38.2 Å². The molecule has 0 saturated carbocycles. The molecule has 148 valence electrons. The Morgan fingerprint density at radius 2 is 2.00 bits per heavy atom. The predicted octanol–water partition coefficient (Wildman–Crippen LogP) is 2.12. The van der Waals surface area contributed by atoms with Gasteiger partial charge >= 0.3 is 0 Å². The van der Waals surface area contributed by atoms with Gasteiger partial charge in [0.2, 0.25) is 5.91 Å². The van der Waals surface area contributed by atoms with Crippen molar-refractivity contribution in [2.45, 2.75) is 25.7 Å². The Bertz CT molecular complexity index is 887. The third kappa shape index (κ3) is 3.71. The van der Waals surface area contributed by atoms with Gasteiger partial charge in [0.25, 0.3) is 5.91 Å². The summed E-state index contributed by atoms with van der Waals surface area (Å²) in [6.07, 6.45) is 6.71. The van der Waals surface area contributed by atoms with Gasteiger partial charge < -0.3 is 14.5 Å². The maximum Gasteiger partial charge on any atom is 0.253 e. The Kier molecular flexibility index (Phi) is 5.26. The van der Waals surface area contributed by atoms with Crippen molar-refractivity contribution in [2.75, 3.05) is 39.9 Å². The van der Waals surface area contributed by atoms with E-state index in [0.717, 1.165) is 36.8 Å². The lowest BCUT2D eigenvalue weighted by Crippen LogP contribution is -2.55. The van der Waals surface area contributed by atoms with Gasteiger partial charge in [-0.25, -0.2) is 0 Å². The zero-order chi connectivity index (χ0) is 19.6. The van der Waals surface area contributed by atoms with Crippen LogP contribution in [0.2, 0.25) is 0 Å². The summed E-state index contributed by atoms with van der Waals surface area (Å²) < 4.78 is 5.15. The molecule has 0 N–H and O–H groups in total. The van der Waals surface area contributed by atoms with Crippen molar-refractivity contribution in [3.05, 3.63) is 36.2 Å². The van der Waals surface area contributed by atoms with Gasteiger partial charge in [0.1, 0.15) is 0 Å². The summed E-state index contributed by atoms with van der Waals surface area (Å²) in [5.74, 6) is 0.228. The Hall–Kier alpha value is -2.54. The maximum absolute atomic E-state index is 13.2. The number of hydrogen-bond acceptors (Lipinski definition) is 5. The van der Waals surface area contributed by atoms with Crippen molar-refractivity contribution >= 4 is 22.8 Å². The summed E-state index contributed by atoms with van der Waals surface area (Å²) in [4.78, 5) is 37.9. The minimum atomic E-state index is -0.00772. The SMILES string of the molecule is COCCN1CC2(CCCN(C(=O)c3ccc4nccnc4c3)C2)CCC1=O. The zero-order valence-corrected chi connectivity index (χ0v) is 16.3. The highest BCUT2D eigenvalue weighted by Crippen LogP contribution is 2.39. The van der Waals surface area contributed by atoms with Crippen molar-refractivity contribution in [1.29, 1.82) is 0 Å². The van der Waals surface area contributed by atoms with Gasteiger partial charge in [-0.15, -0.1) is 0 Å². The van der Waals surface area contributed by atoms with Crippen LogP contribution in [0.1, 0.15) is 36.0 Å². The molecule has 28 heavy (non-hydrogen) atoms. The second-order valence-electron chi connectivity index (χ2n) is 7.90. The minimum absolute atomic E-state index is 0.00772. The van der Waals surface area contributed by atoms with E-state index in [-0.39, 0.29) is 17.2 Å². The molecule has 2 fully saturated rings. The molecular weight excluding hydrogens is 356 g/mol. The topological polar surface area (TPSA) is 75.6 Å². The fourth-order valence-electron chi connectivity index (χ4n) is 4.50. The first-order valence-corrected chi connectivity index (χ1v) is 9.87. The number of likely N-dealkylation sites (tertiary alicyclic amines) is 2. The van der Waals surface area contributed by atoms with Crippen LogP contribution in [-0.2, 0) is 9.53 Å². The number of aromatic nitrogens is 2. The molecular formula is C21H26N4O3. The standard InChI is InChI=1S/C21H26N4O3/c1-28-12-11-24-14-21(7-5-19(24)26)6-2-10-25(15-21)20(27)16-3-4-17-18(13-16)23-9-8-22-17/h3-4,8-9,13H,2,5-7,10-12,14-15H2,1H3. The predicted molar refractivity (Wildman–Crippen MR) is 105 cm³/mol. The summed E-state index contributed by atoms with van der Waals surface area (Å²) in [5, 5.41) is 0. The fourth-order valence-corrected chi connectivity index (χ4v) is 4.50. The molecule has 2 amide bonds. The summed E-state index contributed by atoms with van der Waals surface area (Å²) in [7, 11) is 1.65. The number of hydrogen-bond donors (Lipinski definition) is 0. The average Bonchev–Trinajstić information content (AvgIpc) is 2.74. The number of carbonyl (C=O) groups excluding carboxylic acids is 2. The van der Waals surface area contributed by atoms with Crippen LogP contribution in [0.4, 0.5) is 0 Å². The number of methoxy groups -OCH3 is 1. The molecule has 0 radical (unpaired) electrons. The number of fused-ring (bicyclic) bond motifs is 1. The fraction of sp³-hybridized carbons (Fsp3) is 0.524. The highest BCUT2D eigenvalue weighted by molar-refractivity contribution is 5.97. The van der Waals surface area contributed by atoms with Crippen LogP contribution in [0, 0.1) is 5.41 Å². The molecule has 1 atom stereocenters. The van der Waals surface area contributed by atoms with Crippen molar-refractivity contribution in [1.82, 2.24) is 19.8 Å². The van der Waals surface area contributed by atoms with Crippen LogP contribution in [0.5, 0.6) is 0 Å². The molecule has 0 bridgehead atoms. The molecule has 1 aromatic heterocycles. The number of nitrogens with zero attached hydrogens (tertiary/aromatic N) is 4. The summed E-state index contributed by atoms with van der Waals surface area (Å²) in [6, 6.07) is 5.50. The largest absolute Gasteiger partial charge is 0.383 e. The van der Waals surface area contributed by atoms with Crippen molar-refractivity contribution < 1.29 is 14.3 Å². The smallest absolute Gasteiger partial charge is 0.253 e. The number of benzene rings is 1. The molecule has 2 saturated heterocycles. The Labute approximate surface area is 164 Å². The monoisotopic (exact) mass is 382 g/mol. The third-order valence-corrected chi connectivity index (χ3v) is 5.98. The Morgan fingerprint density at radius 3 is 2.82 bits per heavy atom. The summed E-state index contributed by atoms with van der Waals surface area (Å²) in [5.41, 5.74) is 2.16. The molecule has 3 heterocycles. The molecule has 1 spiro atoms. The van der Waals surface area contributed by atoms with Crippen LogP contribution in [-0.4, -0.2) is 71.5 Å².